The third-order valence-corrected chi connectivity index (χ3v) is 1.67. The fourth-order valence-corrected chi connectivity index (χ4v) is 1.34. The van der Waals surface area contributed by atoms with Crippen LogP contribution in [0.25, 0.3) is 0 Å². The molecule has 14 heavy (non-hydrogen) atoms. The molecule has 0 radical (unpaired) electrons. The third-order valence-electron chi connectivity index (χ3n) is 1.67. The van der Waals surface area contributed by atoms with Crippen molar-refractivity contribution in [2.24, 2.45) is 11.8 Å². The van der Waals surface area contributed by atoms with Gasteiger partial charge in [-0.3, -0.25) is 10.1 Å². The molecule has 0 saturated carbocycles. The van der Waals surface area contributed by atoms with Gasteiger partial charge in [-0.15, -0.1) is 0 Å². The standard InChI is InChI=1S/C8H15NO4.Na/c1-6(2)3-7(4-8(10)11)5-9(12)13;/h6-7H,3-5H2,1-2H3,(H,10,11);/q;+1/p-1/t7-;/m0./s1. The van der Waals surface area contributed by atoms with Crippen LogP contribution in [-0.2, 0) is 4.79 Å². The first-order valence-electron chi connectivity index (χ1n) is 4.23. The summed E-state index contributed by atoms with van der Waals surface area (Å²) in [5.74, 6) is -1.35. The number of hydrogen-bond donors (Lipinski definition) is 0. The van der Waals surface area contributed by atoms with Gasteiger partial charge in [0.1, 0.15) is 0 Å². The second-order valence-electron chi connectivity index (χ2n) is 3.59. The van der Waals surface area contributed by atoms with E-state index in [9.17, 15) is 20.0 Å². The summed E-state index contributed by atoms with van der Waals surface area (Å²) in [7, 11) is 0. The first kappa shape index (κ1) is 16.3. The molecule has 0 aromatic carbocycles. The minimum Gasteiger partial charge on any atom is -0.550 e. The molecule has 0 spiro atoms. The number of carboxylic acid groups (broad SMARTS) is 1. The summed E-state index contributed by atoms with van der Waals surface area (Å²) < 4.78 is 0. The maximum Gasteiger partial charge on any atom is 1.00 e. The van der Waals surface area contributed by atoms with Crippen molar-refractivity contribution < 1.29 is 44.4 Å². The van der Waals surface area contributed by atoms with Gasteiger partial charge in [0.25, 0.3) is 0 Å². The molecular weight excluding hydrogens is 197 g/mol. The SMILES string of the molecule is CC(C)C[C@@H](CC(=O)[O-])C[N+](=O)[O-].[Na+]. The molecule has 0 amide bonds. The van der Waals surface area contributed by atoms with Crippen LogP contribution in [0.5, 0.6) is 0 Å². The summed E-state index contributed by atoms with van der Waals surface area (Å²) in [6.07, 6.45) is 0.328. The Hall–Kier alpha value is -0.130. The largest absolute Gasteiger partial charge is 1.00 e. The van der Waals surface area contributed by atoms with Crippen molar-refractivity contribution in [2.75, 3.05) is 6.54 Å². The molecule has 0 N–H and O–H groups in total. The molecule has 5 nitrogen and oxygen atoms in total. The van der Waals surface area contributed by atoms with E-state index in [1.165, 1.54) is 0 Å². The number of hydrogen-bond acceptors (Lipinski definition) is 4. The summed E-state index contributed by atoms with van der Waals surface area (Å²) in [6.45, 7) is 3.52. The average Bonchev–Trinajstić information content (AvgIpc) is 1.80. The molecule has 0 aromatic rings. The van der Waals surface area contributed by atoms with Crippen LogP contribution >= 0.6 is 0 Å². The number of nitro groups is 1. The Bertz CT molecular complexity index is 180. The van der Waals surface area contributed by atoms with Crippen molar-refractivity contribution in [3.63, 3.8) is 0 Å². The summed E-state index contributed by atoms with van der Waals surface area (Å²) >= 11 is 0. The van der Waals surface area contributed by atoms with Gasteiger partial charge in [-0.1, -0.05) is 13.8 Å². The Balaban J connectivity index is 0. The van der Waals surface area contributed by atoms with Crippen LogP contribution in [0.2, 0.25) is 0 Å². The second kappa shape index (κ2) is 8.20. The second-order valence-corrected chi connectivity index (χ2v) is 3.59. The molecule has 0 saturated heterocycles. The molecule has 0 aliphatic carbocycles. The van der Waals surface area contributed by atoms with Gasteiger partial charge >= 0.3 is 29.6 Å². The first-order chi connectivity index (χ1) is 5.91. The van der Waals surface area contributed by atoms with Crippen molar-refractivity contribution in [3.05, 3.63) is 10.1 Å². The molecular formula is C8H14NNaO4. The zero-order valence-electron chi connectivity index (χ0n) is 8.86. The molecule has 1 atom stereocenters. The van der Waals surface area contributed by atoms with E-state index in [4.69, 9.17) is 0 Å². The number of rotatable bonds is 6. The molecule has 0 aliphatic rings. The molecule has 0 heterocycles. The Morgan fingerprint density at radius 3 is 2.21 bits per heavy atom. The van der Waals surface area contributed by atoms with E-state index >= 15 is 0 Å². The van der Waals surface area contributed by atoms with Gasteiger partial charge < -0.3 is 9.90 Å². The Labute approximate surface area is 105 Å². The van der Waals surface area contributed by atoms with Crippen molar-refractivity contribution in [1.29, 1.82) is 0 Å². The molecule has 0 aromatic heterocycles. The van der Waals surface area contributed by atoms with Gasteiger partial charge in [0.2, 0.25) is 6.54 Å². The van der Waals surface area contributed by atoms with Gasteiger partial charge in [0.15, 0.2) is 0 Å². The fraction of sp³-hybridized carbons (Fsp3) is 0.875. The van der Waals surface area contributed by atoms with Crippen LogP contribution in [0, 0.1) is 22.0 Å². The zero-order chi connectivity index (χ0) is 10.4. The number of carbonyl (C=O) groups is 1. The predicted octanol–water partition coefficient (Wildman–Crippen LogP) is -2.93. The van der Waals surface area contributed by atoms with Gasteiger partial charge in [-0.05, 0) is 18.8 Å². The Kier molecular flexibility index (Phi) is 9.55. The molecule has 0 fully saturated rings. The zero-order valence-corrected chi connectivity index (χ0v) is 10.9. The number of carbonyl (C=O) groups excluding carboxylic acids is 1. The average molecular weight is 211 g/mol. The van der Waals surface area contributed by atoms with Crippen LogP contribution in [0.4, 0.5) is 0 Å². The van der Waals surface area contributed by atoms with Gasteiger partial charge in [0.05, 0.1) is 0 Å². The molecule has 6 heteroatoms. The van der Waals surface area contributed by atoms with Crippen LogP contribution in [0.1, 0.15) is 26.7 Å². The Morgan fingerprint density at radius 1 is 1.43 bits per heavy atom. The smallest absolute Gasteiger partial charge is 0.550 e. The Morgan fingerprint density at radius 2 is 1.93 bits per heavy atom. The van der Waals surface area contributed by atoms with Crippen LogP contribution < -0.4 is 34.7 Å². The monoisotopic (exact) mass is 211 g/mol. The summed E-state index contributed by atoms with van der Waals surface area (Å²) in [5, 5.41) is 20.4. The predicted molar refractivity (Wildman–Crippen MR) is 44.4 cm³/mol. The van der Waals surface area contributed by atoms with Crippen molar-refractivity contribution in [1.82, 2.24) is 0 Å². The van der Waals surface area contributed by atoms with Gasteiger partial charge in [-0.2, -0.15) is 0 Å². The van der Waals surface area contributed by atoms with Crippen LogP contribution in [0.3, 0.4) is 0 Å². The summed E-state index contributed by atoms with van der Waals surface area (Å²) in [6, 6.07) is 0. The van der Waals surface area contributed by atoms with E-state index in [1.807, 2.05) is 13.8 Å². The van der Waals surface area contributed by atoms with E-state index in [-0.39, 0.29) is 48.4 Å². The topological polar surface area (TPSA) is 83.3 Å². The molecule has 0 bridgehead atoms. The molecule has 0 rings (SSSR count). The van der Waals surface area contributed by atoms with Crippen LogP contribution in [-0.4, -0.2) is 17.4 Å². The van der Waals surface area contributed by atoms with Gasteiger partial charge in [-0.25, -0.2) is 0 Å². The molecule has 0 aliphatic heterocycles. The number of aliphatic carboxylic acids is 1. The maximum absolute atomic E-state index is 10.2. The summed E-state index contributed by atoms with van der Waals surface area (Å²) in [5.41, 5.74) is 0. The normalized spacial score (nSPS) is 11.9. The van der Waals surface area contributed by atoms with Crippen LogP contribution in [0.15, 0.2) is 0 Å². The van der Waals surface area contributed by atoms with E-state index < -0.39 is 16.8 Å². The first-order valence-corrected chi connectivity index (χ1v) is 4.23. The van der Waals surface area contributed by atoms with E-state index in [2.05, 4.69) is 0 Å². The summed E-state index contributed by atoms with van der Waals surface area (Å²) in [4.78, 5) is 19.9. The quantitative estimate of drug-likeness (QED) is 0.267. The minimum atomic E-state index is -1.22. The minimum absolute atomic E-state index is 0. The van der Waals surface area contributed by atoms with Gasteiger partial charge in [0, 0.05) is 16.8 Å². The van der Waals surface area contributed by atoms with Crippen molar-refractivity contribution in [2.45, 2.75) is 26.7 Å². The molecule has 76 valence electrons. The molecule has 0 unspecified atom stereocenters. The van der Waals surface area contributed by atoms with Crippen molar-refractivity contribution >= 4 is 5.97 Å². The number of carboxylic acids is 1. The fourth-order valence-electron chi connectivity index (χ4n) is 1.34. The maximum atomic E-state index is 10.2. The van der Waals surface area contributed by atoms with E-state index in [0.717, 1.165) is 0 Å². The number of nitrogens with zero attached hydrogens (tertiary/aromatic N) is 1. The van der Waals surface area contributed by atoms with E-state index in [0.29, 0.717) is 6.42 Å². The third kappa shape index (κ3) is 9.95. The van der Waals surface area contributed by atoms with Crippen molar-refractivity contribution in [3.8, 4) is 0 Å². The van der Waals surface area contributed by atoms with E-state index in [1.54, 1.807) is 0 Å².